The van der Waals surface area contributed by atoms with Crippen molar-refractivity contribution in [2.24, 2.45) is 0 Å². The van der Waals surface area contributed by atoms with Crippen LogP contribution in [-0.2, 0) is 12.6 Å². The van der Waals surface area contributed by atoms with E-state index in [0.717, 1.165) is 12.1 Å². The van der Waals surface area contributed by atoms with Crippen molar-refractivity contribution >= 4 is 17.5 Å². The van der Waals surface area contributed by atoms with Gasteiger partial charge < -0.3 is 15.3 Å². The molecule has 0 saturated heterocycles. The van der Waals surface area contributed by atoms with Gasteiger partial charge in [-0.15, -0.1) is 0 Å². The van der Waals surface area contributed by atoms with Crippen LogP contribution < -0.4 is 10.2 Å². The van der Waals surface area contributed by atoms with Crippen LogP contribution in [0.4, 0.5) is 33.7 Å². The van der Waals surface area contributed by atoms with E-state index in [1.807, 2.05) is 0 Å². The van der Waals surface area contributed by atoms with Gasteiger partial charge >= 0.3 is 12.3 Å². The Hall–Kier alpha value is -2.77. The van der Waals surface area contributed by atoms with Crippen molar-refractivity contribution in [3.63, 3.8) is 0 Å². The van der Waals surface area contributed by atoms with Crippen LogP contribution in [0.2, 0.25) is 0 Å². The van der Waals surface area contributed by atoms with Gasteiger partial charge in [-0.1, -0.05) is 6.07 Å². The molecule has 132 valence electrons. The Morgan fingerprint density at radius 1 is 1.16 bits per heavy atom. The molecule has 2 aromatic rings. The van der Waals surface area contributed by atoms with Gasteiger partial charge in [0.05, 0.1) is 11.6 Å². The molecule has 0 spiro atoms. The molecule has 8 heteroatoms. The first kappa shape index (κ1) is 17.1. The summed E-state index contributed by atoms with van der Waals surface area (Å²) in [5.41, 5.74) is 0.486. The maximum absolute atomic E-state index is 14.1. The molecule has 0 aromatic heterocycles. The molecule has 0 fully saturated rings. The van der Waals surface area contributed by atoms with Crippen molar-refractivity contribution in [2.45, 2.75) is 18.6 Å². The predicted molar refractivity (Wildman–Crippen MR) is 83.5 cm³/mol. The Morgan fingerprint density at radius 3 is 2.44 bits per heavy atom. The van der Waals surface area contributed by atoms with Crippen molar-refractivity contribution in [3.8, 4) is 0 Å². The lowest BCUT2D eigenvalue weighted by atomic mass is 9.96. The van der Waals surface area contributed by atoms with Gasteiger partial charge in [0.25, 0.3) is 0 Å². The Morgan fingerprint density at radius 2 is 1.84 bits per heavy atom. The first-order valence-corrected chi connectivity index (χ1v) is 7.47. The highest BCUT2D eigenvalue weighted by atomic mass is 19.4. The Bertz CT molecular complexity index is 790. The first-order chi connectivity index (χ1) is 11.8. The number of hydrogen-bond acceptors (Lipinski definition) is 2. The van der Waals surface area contributed by atoms with E-state index in [2.05, 4.69) is 5.32 Å². The molecular weight excluding hydrogens is 340 g/mol. The molecule has 3 rings (SSSR count). The van der Waals surface area contributed by atoms with Crippen LogP contribution in [0.5, 0.6) is 0 Å². The lowest BCUT2D eigenvalue weighted by Crippen LogP contribution is -2.46. The molecule has 2 aromatic carbocycles. The van der Waals surface area contributed by atoms with Crippen molar-refractivity contribution < 1.29 is 27.5 Å². The van der Waals surface area contributed by atoms with Gasteiger partial charge in [-0.2, -0.15) is 13.2 Å². The first-order valence-electron chi connectivity index (χ1n) is 7.47. The molecular formula is C17H14F4N2O2. The van der Waals surface area contributed by atoms with E-state index in [9.17, 15) is 22.4 Å². The minimum atomic E-state index is -4.45. The lowest BCUT2D eigenvalue weighted by Gasteiger charge is -2.36. The topological polar surface area (TPSA) is 52.6 Å². The standard InChI is InChI=1S/C17H14F4N2O2/c18-14-2-1-3-15-13(14)8-11(22-16(24)25)9-23(15)12-6-4-10(5-7-12)17(19,20)21/h1-7,11,22H,8-9H2,(H,24,25). The highest BCUT2D eigenvalue weighted by Gasteiger charge is 2.32. The third-order valence-corrected chi connectivity index (χ3v) is 4.07. The average molecular weight is 354 g/mol. The van der Waals surface area contributed by atoms with Crippen LogP contribution in [0.15, 0.2) is 42.5 Å². The highest BCUT2D eigenvalue weighted by Crippen LogP contribution is 2.36. The van der Waals surface area contributed by atoms with Gasteiger partial charge in [-0.3, -0.25) is 0 Å². The Balaban J connectivity index is 1.99. The van der Waals surface area contributed by atoms with Gasteiger partial charge in [0.15, 0.2) is 0 Å². The number of amides is 1. The minimum Gasteiger partial charge on any atom is -0.465 e. The molecule has 1 amide bonds. The van der Waals surface area contributed by atoms with E-state index >= 15 is 0 Å². The maximum Gasteiger partial charge on any atom is 0.416 e. The van der Waals surface area contributed by atoms with E-state index in [1.54, 1.807) is 11.0 Å². The van der Waals surface area contributed by atoms with Crippen LogP contribution in [-0.4, -0.2) is 23.8 Å². The van der Waals surface area contributed by atoms with E-state index in [1.165, 1.54) is 24.3 Å². The van der Waals surface area contributed by atoms with Crippen LogP contribution in [0, 0.1) is 5.82 Å². The van der Waals surface area contributed by atoms with E-state index in [4.69, 9.17) is 5.11 Å². The third kappa shape index (κ3) is 3.52. The fraction of sp³-hybridized carbons (Fsp3) is 0.235. The van der Waals surface area contributed by atoms with Gasteiger partial charge in [-0.25, -0.2) is 9.18 Å². The molecule has 1 unspecified atom stereocenters. The molecule has 0 radical (unpaired) electrons. The molecule has 0 aliphatic carbocycles. The second-order valence-corrected chi connectivity index (χ2v) is 5.74. The number of carboxylic acid groups (broad SMARTS) is 1. The van der Waals surface area contributed by atoms with Crippen LogP contribution in [0.3, 0.4) is 0 Å². The zero-order valence-electron chi connectivity index (χ0n) is 12.8. The molecule has 0 bridgehead atoms. The smallest absolute Gasteiger partial charge is 0.416 e. The van der Waals surface area contributed by atoms with E-state index in [-0.39, 0.29) is 13.0 Å². The van der Waals surface area contributed by atoms with Crippen LogP contribution in [0.1, 0.15) is 11.1 Å². The Kier molecular flexibility index (Phi) is 4.28. The van der Waals surface area contributed by atoms with Crippen molar-refractivity contribution in [1.82, 2.24) is 5.32 Å². The number of benzene rings is 2. The van der Waals surface area contributed by atoms with Crippen LogP contribution >= 0.6 is 0 Å². The molecule has 1 heterocycles. The summed E-state index contributed by atoms with van der Waals surface area (Å²) in [6.07, 6.45) is -5.51. The summed E-state index contributed by atoms with van der Waals surface area (Å²) in [7, 11) is 0. The van der Waals surface area contributed by atoms with E-state index < -0.39 is 29.7 Å². The van der Waals surface area contributed by atoms with Gasteiger partial charge in [0.2, 0.25) is 0 Å². The summed E-state index contributed by atoms with van der Waals surface area (Å²) in [6.45, 7) is 0.189. The van der Waals surface area contributed by atoms with Crippen molar-refractivity contribution in [2.75, 3.05) is 11.4 Å². The summed E-state index contributed by atoms with van der Waals surface area (Å²) >= 11 is 0. The summed E-state index contributed by atoms with van der Waals surface area (Å²) in [6, 6.07) is 8.34. The molecule has 2 N–H and O–H groups in total. The molecule has 1 aliphatic heterocycles. The molecule has 4 nitrogen and oxygen atoms in total. The number of nitrogens with zero attached hydrogens (tertiary/aromatic N) is 1. The van der Waals surface area contributed by atoms with Crippen molar-refractivity contribution in [3.05, 3.63) is 59.4 Å². The summed E-state index contributed by atoms with van der Waals surface area (Å²) in [5.74, 6) is -0.480. The fourth-order valence-corrected chi connectivity index (χ4v) is 2.98. The van der Waals surface area contributed by atoms with Gasteiger partial charge in [-0.05, 0) is 42.8 Å². The summed E-state index contributed by atoms with van der Waals surface area (Å²) < 4.78 is 52.3. The third-order valence-electron chi connectivity index (χ3n) is 4.07. The number of halogens is 4. The highest BCUT2D eigenvalue weighted by molar-refractivity contribution is 5.70. The van der Waals surface area contributed by atoms with Gasteiger partial charge in [0.1, 0.15) is 5.82 Å². The number of anilines is 2. The SMILES string of the molecule is O=C(O)NC1Cc2c(F)cccc2N(c2ccc(C(F)(F)F)cc2)C1. The van der Waals surface area contributed by atoms with E-state index in [0.29, 0.717) is 16.9 Å². The summed E-state index contributed by atoms with van der Waals surface area (Å²) in [4.78, 5) is 12.5. The normalized spacial score (nSPS) is 17.1. The maximum atomic E-state index is 14.1. The number of fused-ring (bicyclic) bond motifs is 1. The Labute approximate surface area is 140 Å². The second-order valence-electron chi connectivity index (χ2n) is 5.74. The number of carbonyl (C=O) groups is 1. The largest absolute Gasteiger partial charge is 0.465 e. The number of nitrogens with one attached hydrogen (secondary N) is 1. The monoisotopic (exact) mass is 354 g/mol. The second kappa shape index (κ2) is 6.27. The minimum absolute atomic E-state index is 0.172. The van der Waals surface area contributed by atoms with Crippen LogP contribution in [0.25, 0.3) is 0 Å². The molecule has 1 aliphatic rings. The zero-order valence-corrected chi connectivity index (χ0v) is 12.8. The fourth-order valence-electron chi connectivity index (χ4n) is 2.98. The molecule has 0 saturated carbocycles. The number of hydrogen-bond donors (Lipinski definition) is 2. The van der Waals surface area contributed by atoms with Crippen molar-refractivity contribution in [1.29, 1.82) is 0 Å². The quantitative estimate of drug-likeness (QED) is 0.796. The van der Waals surface area contributed by atoms with Gasteiger partial charge in [0, 0.05) is 23.5 Å². The average Bonchev–Trinajstić information content (AvgIpc) is 2.54. The zero-order chi connectivity index (χ0) is 18.2. The lowest BCUT2D eigenvalue weighted by molar-refractivity contribution is -0.137. The molecule has 25 heavy (non-hydrogen) atoms. The molecule has 1 atom stereocenters. The number of alkyl halides is 3. The summed E-state index contributed by atoms with van der Waals surface area (Å²) in [5, 5.41) is 11.2. The number of rotatable bonds is 2. The predicted octanol–water partition coefficient (Wildman–Crippen LogP) is 4.17.